The van der Waals surface area contributed by atoms with Crippen LogP contribution in [0.5, 0.6) is 0 Å². The normalized spacial score (nSPS) is 9.64. The van der Waals surface area contributed by atoms with Gasteiger partial charge in [0.15, 0.2) is 5.82 Å². The summed E-state index contributed by atoms with van der Waals surface area (Å²) < 4.78 is 0. The Morgan fingerprint density at radius 3 is 2.86 bits per heavy atom. The van der Waals surface area contributed by atoms with Crippen LogP contribution in [-0.2, 0) is 0 Å². The van der Waals surface area contributed by atoms with E-state index in [1.807, 2.05) is 0 Å². The van der Waals surface area contributed by atoms with Crippen molar-refractivity contribution < 1.29 is 0 Å². The Balaban J connectivity index is 2.55. The van der Waals surface area contributed by atoms with Gasteiger partial charge in [0.25, 0.3) is 5.56 Å². The van der Waals surface area contributed by atoms with E-state index in [1.165, 1.54) is 12.4 Å². The van der Waals surface area contributed by atoms with Crippen molar-refractivity contribution >= 4 is 0 Å². The molecule has 0 radical (unpaired) electrons. The number of rotatable bonds is 1. The second-order valence-electron chi connectivity index (χ2n) is 2.44. The minimum absolute atomic E-state index is 0.0303. The molecule has 2 aromatic heterocycles. The van der Waals surface area contributed by atoms with Crippen LogP contribution in [-0.4, -0.2) is 25.4 Å². The van der Waals surface area contributed by atoms with Gasteiger partial charge in [0.1, 0.15) is 17.3 Å². The second-order valence-corrected chi connectivity index (χ2v) is 2.44. The highest BCUT2D eigenvalue weighted by Gasteiger charge is 2.05. The van der Waals surface area contributed by atoms with Gasteiger partial charge in [0.05, 0.1) is 12.4 Å². The molecule has 0 atom stereocenters. The van der Waals surface area contributed by atoms with Crippen molar-refractivity contribution in [3.05, 3.63) is 28.3 Å². The van der Waals surface area contributed by atoms with Crippen LogP contribution in [0.15, 0.2) is 17.2 Å². The molecule has 0 spiro atoms. The van der Waals surface area contributed by atoms with Crippen LogP contribution in [0.25, 0.3) is 11.5 Å². The first-order chi connectivity index (χ1) is 6.81. The van der Waals surface area contributed by atoms with Crippen LogP contribution >= 0.6 is 0 Å². The van der Waals surface area contributed by atoms with Crippen molar-refractivity contribution in [2.45, 2.75) is 0 Å². The predicted octanol–water partition coefficient (Wildman–Crippen LogP) is -0.573. The van der Waals surface area contributed by atoms with Gasteiger partial charge in [0.2, 0.25) is 0 Å². The van der Waals surface area contributed by atoms with E-state index in [9.17, 15) is 4.79 Å². The third-order valence-corrected chi connectivity index (χ3v) is 1.58. The quantitative estimate of drug-likeness (QED) is 0.622. The molecule has 0 aliphatic carbocycles. The lowest BCUT2D eigenvalue weighted by Gasteiger charge is -1.93. The zero-order valence-corrected chi connectivity index (χ0v) is 6.85. The summed E-state index contributed by atoms with van der Waals surface area (Å²) in [6.07, 6.45) is 2.62. The zero-order chi connectivity index (χ0) is 9.97. The molecule has 7 heteroatoms. The van der Waals surface area contributed by atoms with E-state index in [-0.39, 0.29) is 11.4 Å². The Morgan fingerprint density at radius 2 is 2.29 bits per heavy atom. The Hall–Kier alpha value is -2.49. The fourth-order valence-electron chi connectivity index (χ4n) is 0.920. The summed E-state index contributed by atoms with van der Waals surface area (Å²) in [6, 6.07) is 1.72. The molecule has 2 heterocycles. The molecule has 0 aromatic carbocycles. The molecule has 0 aliphatic rings. The van der Waals surface area contributed by atoms with Crippen LogP contribution in [0, 0.1) is 11.3 Å². The number of hydrogen-bond acceptors (Lipinski definition) is 5. The van der Waals surface area contributed by atoms with Gasteiger partial charge in [-0.15, -0.1) is 0 Å². The first-order valence-corrected chi connectivity index (χ1v) is 3.67. The zero-order valence-electron chi connectivity index (χ0n) is 6.85. The summed E-state index contributed by atoms with van der Waals surface area (Å²) in [5.74, 6) is 0.280. The molecule has 0 amide bonds. The van der Waals surface area contributed by atoms with Gasteiger partial charge in [-0.05, 0) is 0 Å². The molecule has 2 aromatic rings. The van der Waals surface area contributed by atoms with E-state index in [1.54, 1.807) is 6.07 Å². The summed E-state index contributed by atoms with van der Waals surface area (Å²) in [5.41, 5.74) is -0.0932. The molecule has 2 rings (SSSR count). The first-order valence-electron chi connectivity index (χ1n) is 3.67. The highest BCUT2D eigenvalue weighted by atomic mass is 16.1. The summed E-state index contributed by atoms with van der Waals surface area (Å²) in [5, 5.41) is 18.2. The summed E-state index contributed by atoms with van der Waals surface area (Å²) in [4.78, 5) is 17.5. The molecule has 0 fully saturated rings. The lowest BCUT2D eigenvalue weighted by molar-refractivity contribution is 0.937. The molecule has 0 bridgehead atoms. The molecule has 68 valence electrons. The van der Waals surface area contributed by atoms with Gasteiger partial charge in [-0.2, -0.15) is 20.7 Å². The average Bonchev–Trinajstić information content (AvgIpc) is 2.70. The van der Waals surface area contributed by atoms with Gasteiger partial charge in [-0.3, -0.25) is 4.79 Å². The van der Waals surface area contributed by atoms with Gasteiger partial charge in [0, 0.05) is 0 Å². The Labute approximate surface area is 77.4 Å². The molecular formula is C7H4N6O. The summed E-state index contributed by atoms with van der Waals surface area (Å²) in [6.45, 7) is 0. The monoisotopic (exact) mass is 188 g/mol. The Kier molecular flexibility index (Phi) is 1.80. The topological polar surface area (TPSA) is 111 Å². The van der Waals surface area contributed by atoms with E-state index in [4.69, 9.17) is 5.26 Å². The number of aromatic amines is 2. The van der Waals surface area contributed by atoms with E-state index < -0.39 is 5.56 Å². The molecule has 7 nitrogen and oxygen atoms in total. The standard InChI is InChI=1S/C7H4N6O/c8-1-4-2-9-6(11-7(4)14)5-3-10-13-12-5/h2-3H,(H,9,11,14)(H,10,12,13). The number of H-pyrrole nitrogens is 2. The van der Waals surface area contributed by atoms with Crippen molar-refractivity contribution in [1.29, 1.82) is 5.26 Å². The van der Waals surface area contributed by atoms with E-state index in [2.05, 4.69) is 25.4 Å². The minimum Gasteiger partial charge on any atom is -0.304 e. The van der Waals surface area contributed by atoms with E-state index >= 15 is 0 Å². The maximum Gasteiger partial charge on any atom is 0.269 e. The Morgan fingerprint density at radius 1 is 1.43 bits per heavy atom. The smallest absolute Gasteiger partial charge is 0.269 e. The van der Waals surface area contributed by atoms with Crippen LogP contribution in [0.3, 0.4) is 0 Å². The highest BCUT2D eigenvalue weighted by molar-refractivity contribution is 5.46. The molecule has 0 saturated carbocycles. The van der Waals surface area contributed by atoms with Gasteiger partial charge >= 0.3 is 0 Å². The van der Waals surface area contributed by atoms with E-state index in [0.29, 0.717) is 5.69 Å². The largest absolute Gasteiger partial charge is 0.304 e. The average molecular weight is 188 g/mol. The minimum atomic E-state index is -0.486. The number of hydrogen-bond donors (Lipinski definition) is 2. The molecule has 0 aliphatic heterocycles. The van der Waals surface area contributed by atoms with Gasteiger partial charge < -0.3 is 4.98 Å². The molecule has 0 unspecified atom stereocenters. The van der Waals surface area contributed by atoms with Crippen LogP contribution in [0.4, 0.5) is 0 Å². The lowest BCUT2D eigenvalue weighted by Crippen LogP contribution is -2.12. The second kappa shape index (κ2) is 3.10. The number of aromatic nitrogens is 5. The molecule has 2 N–H and O–H groups in total. The van der Waals surface area contributed by atoms with E-state index in [0.717, 1.165) is 0 Å². The molecule has 0 saturated heterocycles. The number of nitrogens with one attached hydrogen (secondary N) is 2. The number of nitrogens with zero attached hydrogens (tertiary/aromatic N) is 4. The molecular weight excluding hydrogens is 184 g/mol. The third kappa shape index (κ3) is 1.25. The van der Waals surface area contributed by atoms with Crippen LogP contribution in [0.1, 0.15) is 5.56 Å². The number of nitriles is 1. The summed E-state index contributed by atoms with van der Waals surface area (Å²) in [7, 11) is 0. The van der Waals surface area contributed by atoms with Crippen molar-refractivity contribution in [2.24, 2.45) is 0 Å². The van der Waals surface area contributed by atoms with Crippen molar-refractivity contribution in [2.75, 3.05) is 0 Å². The predicted molar refractivity (Wildman–Crippen MR) is 44.9 cm³/mol. The maximum absolute atomic E-state index is 11.2. The van der Waals surface area contributed by atoms with Crippen LogP contribution in [0.2, 0.25) is 0 Å². The maximum atomic E-state index is 11.2. The fourth-order valence-corrected chi connectivity index (χ4v) is 0.920. The SMILES string of the molecule is N#Cc1cnc(-c2cn[nH]n2)[nH]c1=O. The third-order valence-electron chi connectivity index (χ3n) is 1.58. The summed E-state index contributed by atoms with van der Waals surface area (Å²) >= 11 is 0. The van der Waals surface area contributed by atoms with Gasteiger partial charge in [-0.25, -0.2) is 4.98 Å². The molecule has 14 heavy (non-hydrogen) atoms. The van der Waals surface area contributed by atoms with Crippen molar-refractivity contribution in [3.63, 3.8) is 0 Å². The highest BCUT2D eigenvalue weighted by Crippen LogP contribution is 2.05. The van der Waals surface area contributed by atoms with Crippen molar-refractivity contribution in [1.82, 2.24) is 25.4 Å². The lowest BCUT2D eigenvalue weighted by atomic mass is 10.3. The Bertz CT molecular complexity index is 534. The fraction of sp³-hybridized carbons (Fsp3) is 0. The van der Waals surface area contributed by atoms with Crippen molar-refractivity contribution in [3.8, 4) is 17.6 Å². The van der Waals surface area contributed by atoms with Crippen LogP contribution < -0.4 is 5.56 Å². The van der Waals surface area contributed by atoms with Gasteiger partial charge in [-0.1, -0.05) is 0 Å². The first kappa shape index (κ1) is 8.12.